The number of nitrogens with one attached hydrogen (secondary N) is 2. The lowest BCUT2D eigenvalue weighted by atomic mass is 10.2. The Morgan fingerprint density at radius 1 is 1.33 bits per heavy atom. The van der Waals surface area contributed by atoms with E-state index in [9.17, 15) is 14.4 Å². The Kier molecular flexibility index (Phi) is 6.02. The molecule has 0 saturated heterocycles. The molecule has 0 aromatic heterocycles. The lowest BCUT2D eigenvalue weighted by Crippen LogP contribution is -2.41. The van der Waals surface area contributed by atoms with Crippen LogP contribution in [-0.2, 0) is 14.3 Å². The van der Waals surface area contributed by atoms with Gasteiger partial charge in [0, 0.05) is 12.6 Å². The standard InChI is InChI=1S/C15H15ClN2O6/c1-2-17-15(21)18-12(19)7-22-13(20)4-3-9-5-10(16)14-11(6-9)23-8-24-14/h3-6H,2,7-8H2,1H3,(H2,17,18,19,21)/b4-3+. The van der Waals surface area contributed by atoms with Crippen molar-refractivity contribution >= 4 is 35.6 Å². The maximum atomic E-state index is 11.6. The van der Waals surface area contributed by atoms with Gasteiger partial charge < -0.3 is 19.5 Å². The molecular weight excluding hydrogens is 340 g/mol. The third-order valence-corrected chi connectivity index (χ3v) is 3.08. The second-order valence-electron chi connectivity index (χ2n) is 4.59. The number of carbonyl (C=O) groups excluding carboxylic acids is 3. The number of urea groups is 1. The monoisotopic (exact) mass is 354 g/mol. The molecule has 0 fully saturated rings. The SMILES string of the molecule is CCNC(=O)NC(=O)COC(=O)/C=C/c1cc(Cl)c2c(c1)OCO2. The van der Waals surface area contributed by atoms with Gasteiger partial charge in [0.2, 0.25) is 6.79 Å². The minimum Gasteiger partial charge on any atom is -0.454 e. The van der Waals surface area contributed by atoms with E-state index < -0.39 is 24.5 Å². The third kappa shape index (κ3) is 4.88. The molecule has 8 nitrogen and oxygen atoms in total. The van der Waals surface area contributed by atoms with Crippen LogP contribution in [0.2, 0.25) is 5.02 Å². The lowest BCUT2D eigenvalue weighted by Gasteiger charge is -2.04. The first kappa shape index (κ1) is 17.6. The first-order valence-electron chi connectivity index (χ1n) is 7.01. The molecule has 0 atom stereocenters. The minimum atomic E-state index is -0.741. The zero-order valence-corrected chi connectivity index (χ0v) is 13.5. The van der Waals surface area contributed by atoms with E-state index in [-0.39, 0.29) is 6.79 Å². The van der Waals surface area contributed by atoms with Crippen LogP contribution in [0.1, 0.15) is 12.5 Å². The van der Waals surface area contributed by atoms with Crippen LogP contribution in [0.5, 0.6) is 11.5 Å². The second kappa shape index (κ2) is 8.21. The summed E-state index contributed by atoms with van der Waals surface area (Å²) in [5.41, 5.74) is 0.605. The van der Waals surface area contributed by atoms with Gasteiger partial charge in [-0.05, 0) is 30.7 Å². The molecule has 0 unspecified atom stereocenters. The fraction of sp³-hybridized carbons (Fsp3) is 0.267. The predicted octanol–water partition coefficient (Wildman–Crippen LogP) is 1.47. The number of carbonyl (C=O) groups is 3. The van der Waals surface area contributed by atoms with Crippen molar-refractivity contribution in [3.63, 3.8) is 0 Å². The summed E-state index contributed by atoms with van der Waals surface area (Å²) in [4.78, 5) is 34.0. The molecule has 1 aromatic carbocycles. The molecule has 2 rings (SSSR count). The topological polar surface area (TPSA) is 103 Å². The maximum absolute atomic E-state index is 11.6. The Morgan fingerprint density at radius 2 is 2.12 bits per heavy atom. The minimum absolute atomic E-state index is 0.0883. The van der Waals surface area contributed by atoms with Crippen LogP contribution in [0.4, 0.5) is 4.79 Å². The van der Waals surface area contributed by atoms with Crippen molar-refractivity contribution in [1.82, 2.24) is 10.6 Å². The summed E-state index contributed by atoms with van der Waals surface area (Å²) < 4.78 is 15.1. The molecule has 1 heterocycles. The highest BCUT2D eigenvalue weighted by Gasteiger charge is 2.17. The number of imide groups is 1. The van der Waals surface area contributed by atoms with Crippen LogP contribution < -0.4 is 20.1 Å². The van der Waals surface area contributed by atoms with Crippen LogP contribution in [0, 0.1) is 0 Å². The molecule has 1 aliphatic heterocycles. The van der Waals surface area contributed by atoms with Gasteiger partial charge in [-0.25, -0.2) is 9.59 Å². The third-order valence-electron chi connectivity index (χ3n) is 2.80. The number of amides is 3. The van der Waals surface area contributed by atoms with Crippen LogP contribution in [0.25, 0.3) is 6.08 Å². The molecule has 9 heteroatoms. The summed E-state index contributed by atoms with van der Waals surface area (Å²) in [5.74, 6) is -0.529. The summed E-state index contributed by atoms with van der Waals surface area (Å²) in [7, 11) is 0. The van der Waals surface area contributed by atoms with Crippen molar-refractivity contribution in [3.05, 3.63) is 28.8 Å². The first-order valence-corrected chi connectivity index (χ1v) is 7.39. The molecule has 0 bridgehead atoms. The fourth-order valence-corrected chi connectivity index (χ4v) is 2.07. The van der Waals surface area contributed by atoms with Gasteiger partial charge >= 0.3 is 12.0 Å². The molecule has 0 radical (unpaired) electrons. The van der Waals surface area contributed by atoms with Gasteiger partial charge in [0.05, 0.1) is 5.02 Å². The number of fused-ring (bicyclic) bond motifs is 1. The van der Waals surface area contributed by atoms with Crippen molar-refractivity contribution in [2.75, 3.05) is 19.9 Å². The largest absolute Gasteiger partial charge is 0.454 e. The van der Waals surface area contributed by atoms with Crippen LogP contribution in [-0.4, -0.2) is 37.9 Å². The quantitative estimate of drug-likeness (QED) is 0.613. The van der Waals surface area contributed by atoms with Crippen molar-refractivity contribution < 1.29 is 28.6 Å². The molecule has 0 saturated carbocycles. The molecule has 0 aliphatic carbocycles. The van der Waals surface area contributed by atoms with E-state index in [4.69, 9.17) is 25.8 Å². The van der Waals surface area contributed by atoms with Gasteiger partial charge in [-0.1, -0.05) is 11.6 Å². The number of hydrogen-bond acceptors (Lipinski definition) is 6. The molecule has 0 spiro atoms. The highest BCUT2D eigenvalue weighted by Crippen LogP contribution is 2.40. The van der Waals surface area contributed by atoms with Gasteiger partial charge in [0.25, 0.3) is 5.91 Å². The molecule has 1 aromatic rings. The van der Waals surface area contributed by atoms with E-state index in [1.54, 1.807) is 19.1 Å². The summed E-state index contributed by atoms with van der Waals surface area (Å²) in [6.45, 7) is 1.60. The van der Waals surface area contributed by atoms with Crippen molar-refractivity contribution in [1.29, 1.82) is 0 Å². The number of benzene rings is 1. The predicted molar refractivity (Wildman–Crippen MR) is 84.8 cm³/mol. The molecule has 24 heavy (non-hydrogen) atoms. The van der Waals surface area contributed by atoms with Crippen LogP contribution in [0.3, 0.4) is 0 Å². The van der Waals surface area contributed by atoms with E-state index in [0.29, 0.717) is 28.6 Å². The Hall–Kier alpha value is -2.74. The average molecular weight is 355 g/mol. The van der Waals surface area contributed by atoms with Crippen LogP contribution in [0.15, 0.2) is 18.2 Å². The zero-order valence-electron chi connectivity index (χ0n) is 12.8. The fourth-order valence-electron chi connectivity index (χ4n) is 1.80. The normalized spacial score (nSPS) is 12.1. The number of rotatable bonds is 5. The average Bonchev–Trinajstić information content (AvgIpc) is 3.00. The first-order chi connectivity index (χ1) is 11.5. The van der Waals surface area contributed by atoms with Crippen molar-refractivity contribution in [2.45, 2.75) is 6.92 Å². The van der Waals surface area contributed by atoms with E-state index in [2.05, 4.69) is 5.32 Å². The summed E-state index contributed by atoms with van der Waals surface area (Å²) >= 11 is 6.02. The number of esters is 1. The van der Waals surface area contributed by atoms with Crippen LogP contribution >= 0.6 is 11.6 Å². The molecule has 128 valence electrons. The van der Waals surface area contributed by atoms with Gasteiger partial charge in [0.15, 0.2) is 18.1 Å². The van der Waals surface area contributed by atoms with Gasteiger partial charge in [-0.15, -0.1) is 0 Å². The smallest absolute Gasteiger partial charge is 0.331 e. The maximum Gasteiger partial charge on any atom is 0.331 e. The van der Waals surface area contributed by atoms with E-state index >= 15 is 0 Å². The Balaban J connectivity index is 1.84. The Morgan fingerprint density at radius 3 is 2.88 bits per heavy atom. The zero-order chi connectivity index (χ0) is 17.5. The molecular formula is C15H15ClN2O6. The number of hydrogen-bond donors (Lipinski definition) is 2. The van der Waals surface area contributed by atoms with Gasteiger partial charge in [0.1, 0.15) is 0 Å². The molecule has 2 N–H and O–H groups in total. The van der Waals surface area contributed by atoms with E-state index in [0.717, 1.165) is 6.08 Å². The van der Waals surface area contributed by atoms with Gasteiger partial charge in [-0.2, -0.15) is 0 Å². The summed E-state index contributed by atoms with van der Waals surface area (Å²) in [6.07, 6.45) is 2.59. The van der Waals surface area contributed by atoms with E-state index in [1.807, 2.05) is 5.32 Å². The van der Waals surface area contributed by atoms with Crippen molar-refractivity contribution in [2.24, 2.45) is 0 Å². The number of halogens is 1. The Bertz CT molecular complexity index is 689. The second-order valence-corrected chi connectivity index (χ2v) is 4.99. The van der Waals surface area contributed by atoms with Crippen molar-refractivity contribution in [3.8, 4) is 11.5 Å². The summed E-state index contributed by atoms with van der Waals surface area (Å²) in [6, 6.07) is 2.60. The highest BCUT2D eigenvalue weighted by atomic mass is 35.5. The summed E-state index contributed by atoms with van der Waals surface area (Å²) in [5, 5.41) is 4.74. The number of ether oxygens (including phenoxy) is 3. The molecule has 1 aliphatic rings. The highest BCUT2D eigenvalue weighted by molar-refractivity contribution is 6.32. The lowest BCUT2D eigenvalue weighted by molar-refractivity contribution is -0.143. The molecule has 3 amide bonds. The van der Waals surface area contributed by atoms with E-state index in [1.165, 1.54) is 6.08 Å². The Labute approximate surface area is 142 Å². The van der Waals surface area contributed by atoms with Gasteiger partial charge in [-0.3, -0.25) is 10.1 Å².